The topological polar surface area (TPSA) is 74.6 Å². The number of hydrogen-bond donors (Lipinski definition) is 2. The molecule has 0 saturated heterocycles. The van der Waals surface area contributed by atoms with Crippen molar-refractivity contribution in [2.75, 3.05) is 0 Å². The molecule has 12 heavy (non-hydrogen) atoms. The number of benzene rings is 1. The maximum absolute atomic E-state index is 10.5. The highest BCUT2D eigenvalue weighted by atomic mass is 16.4. The molecule has 1 rings (SSSR count). The minimum atomic E-state index is -1.23. The molecule has 0 saturated carbocycles. The van der Waals surface area contributed by atoms with Crippen LogP contribution in [0.25, 0.3) is 0 Å². The van der Waals surface area contributed by atoms with Gasteiger partial charge in [-0.1, -0.05) is 0 Å². The third kappa shape index (κ3) is 1.42. The molecule has 0 bridgehead atoms. The van der Waals surface area contributed by atoms with Crippen LogP contribution >= 0.6 is 0 Å². The van der Waals surface area contributed by atoms with E-state index >= 15 is 0 Å². The van der Waals surface area contributed by atoms with Crippen molar-refractivity contribution < 1.29 is 19.8 Å². The number of carboxylic acid groups (broad SMARTS) is 1. The van der Waals surface area contributed by atoms with Crippen LogP contribution in [0, 0.1) is 0 Å². The summed E-state index contributed by atoms with van der Waals surface area (Å²) < 4.78 is 0. The van der Waals surface area contributed by atoms with Gasteiger partial charge < -0.3 is 10.2 Å². The van der Waals surface area contributed by atoms with Crippen LogP contribution in [0.5, 0.6) is 5.75 Å². The van der Waals surface area contributed by atoms with Crippen molar-refractivity contribution in [3.05, 3.63) is 29.3 Å². The van der Waals surface area contributed by atoms with Gasteiger partial charge in [0.2, 0.25) is 0 Å². The minimum Gasteiger partial charge on any atom is -0.508 e. The quantitative estimate of drug-likeness (QED) is 0.640. The average Bonchev–Trinajstić information content (AvgIpc) is 2.04. The molecule has 0 atom stereocenters. The van der Waals surface area contributed by atoms with Gasteiger partial charge >= 0.3 is 5.97 Å². The lowest BCUT2D eigenvalue weighted by Crippen LogP contribution is -2.00. The molecule has 0 unspecified atom stereocenters. The van der Waals surface area contributed by atoms with E-state index in [1.165, 1.54) is 12.1 Å². The van der Waals surface area contributed by atoms with Crippen LogP contribution in [0.1, 0.15) is 20.7 Å². The fourth-order valence-electron chi connectivity index (χ4n) is 0.832. The first kappa shape index (κ1) is 8.26. The molecule has 4 heteroatoms. The van der Waals surface area contributed by atoms with Crippen LogP contribution in [-0.4, -0.2) is 22.5 Å². The van der Waals surface area contributed by atoms with Crippen LogP contribution < -0.4 is 0 Å². The van der Waals surface area contributed by atoms with E-state index in [4.69, 9.17) is 10.2 Å². The van der Waals surface area contributed by atoms with Gasteiger partial charge in [0, 0.05) is 5.56 Å². The first-order valence-electron chi connectivity index (χ1n) is 3.16. The number of aromatic hydroxyl groups is 1. The lowest BCUT2D eigenvalue weighted by molar-refractivity contribution is 0.0693. The van der Waals surface area contributed by atoms with Gasteiger partial charge in [0.05, 0.1) is 5.56 Å². The Balaban J connectivity index is 3.30. The lowest BCUT2D eigenvalue weighted by Gasteiger charge is -1.98. The molecule has 0 aliphatic carbocycles. The van der Waals surface area contributed by atoms with Gasteiger partial charge in [-0.05, 0) is 18.2 Å². The second-order valence-corrected chi connectivity index (χ2v) is 2.19. The number of phenolic OH excluding ortho intramolecular Hbond substituents is 1. The van der Waals surface area contributed by atoms with Crippen molar-refractivity contribution in [2.24, 2.45) is 0 Å². The Bertz CT molecular complexity index is 330. The summed E-state index contributed by atoms with van der Waals surface area (Å²) in [5, 5.41) is 17.5. The summed E-state index contributed by atoms with van der Waals surface area (Å²) in [6.45, 7) is 0. The van der Waals surface area contributed by atoms with Crippen molar-refractivity contribution >= 4 is 12.3 Å². The Morgan fingerprint density at radius 2 is 2.08 bits per heavy atom. The standard InChI is InChI=1S/C8H6O4/c9-4-5-1-2-6(10)3-7(5)8(11)12/h1-4,10H,(H,11,12). The summed E-state index contributed by atoms with van der Waals surface area (Å²) in [6.07, 6.45) is 0.433. The molecule has 62 valence electrons. The normalized spacial score (nSPS) is 9.33. The van der Waals surface area contributed by atoms with Gasteiger partial charge in [0.1, 0.15) is 5.75 Å². The van der Waals surface area contributed by atoms with Gasteiger partial charge in [-0.2, -0.15) is 0 Å². The largest absolute Gasteiger partial charge is 0.508 e. The molecule has 4 nitrogen and oxygen atoms in total. The first-order valence-corrected chi connectivity index (χ1v) is 3.16. The van der Waals surface area contributed by atoms with Crippen molar-refractivity contribution in [1.29, 1.82) is 0 Å². The summed E-state index contributed by atoms with van der Waals surface area (Å²) >= 11 is 0. The van der Waals surface area contributed by atoms with Crippen LogP contribution in [0.4, 0.5) is 0 Å². The highest BCUT2D eigenvalue weighted by Crippen LogP contribution is 2.14. The molecule has 0 fully saturated rings. The van der Waals surface area contributed by atoms with Crippen molar-refractivity contribution in [1.82, 2.24) is 0 Å². The number of aromatic carboxylic acids is 1. The van der Waals surface area contributed by atoms with E-state index < -0.39 is 5.97 Å². The van der Waals surface area contributed by atoms with Crippen LogP contribution in [0.15, 0.2) is 18.2 Å². The summed E-state index contributed by atoms with van der Waals surface area (Å²) in [6, 6.07) is 3.55. The van der Waals surface area contributed by atoms with Gasteiger partial charge in [0.15, 0.2) is 6.29 Å². The zero-order valence-electron chi connectivity index (χ0n) is 6.02. The molecular weight excluding hydrogens is 160 g/mol. The molecule has 0 spiro atoms. The lowest BCUT2D eigenvalue weighted by atomic mass is 10.1. The SMILES string of the molecule is O=Cc1ccc(O)cc1C(=O)O. The van der Waals surface area contributed by atoms with Crippen LogP contribution in [-0.2, 0) is 0 Å². The molecule has 1 aromatic carbocycles. The van der Waals surface area contributed by atoms with Crippen LogP contribution in [0.3, 0.4) is 0 Å². The third-order valence-corrected chi connectivity index (χ3v) is 1.39. The second-order valence-electron chi connectivity index (χ2n) is 2.19. The highest BCUT2D eigenvalue weighted by molar-refractivity contribution is 5.97. The van der Waals surface area contributed by atoms with Crippen molar-refractivity contribution in [2.45, 2.75) is 0 Å². The Labute approximate surface area is 68.1 Å². The maximum Gasteiger partial charge on any atom is 0.336 e. The summed E-state index contributed by atoms with van der Waals surface area (Å²) in [5.41, 5.74) is -0.134. The van der Waals surface area contributed by atoms with Gasteiger partial charge in [0.25, 0.3) is 0 Å². The molecular formula is C8H6O4. The molecule has 2 N–H and O–H groups in total. The number of carbonyl (C=O) groups excluding carboxylic acids is 1. The number of hydrogen-bond acceptors (Lipinski definition) is 3. The molecule has 1 aromatic rings. The Kier molecular flexibility index (Phi) is 2.09. The average molecular weight is 166 g/mol. The summed E-state index contributed by atoms with van der Waals surface area (Å²) in [5.74, 6) is -1.40. The molecule has 0 radical (unpaired) electrons. The number of carboxylic acids is 1. The highest BCUT2D eigenvalue weighted by Gasteiger charge is 2.09. The third-order valence-electron chi connectivity index (χ3n) is 1.39. The zero-order chi connectivity index (χ0) is 9.14. The zero-order valence-corrected chi connectivity index (χ0v) is 6.02. The van der Waals surface area contributed by atoms with Gasteiger partial charge in [-0.25, -0.2) is 4.79 Å². The second kappa shape index (κ2) is 3.04. The van der Waals surface area contributed by atoms with Crippen molar-refractivity contribution in [3.63, 3.8) is 0 Å². The minimum absolute atomic E-state index is 0.0558. The molecule has 0 aliphatic heterocycles. The van der Waals surface area contributed by atoms with E-state index in [9.17, 15) is 9.59 Å². The number of phenols is 1. The van der Waals surface area contributed by atoms with Crippen molar-refractivity contribution in [3.8, 4) is 5.75 Å². The summed E-state index contributed by atoms with van der Waals surface area (Å²) in [7, 11) is 0. The number of carbonyl (C=O) groups is 2. The van der Waals surface area contributed by atoms with E-state index in [0.29, 0.717) is 6.29 Å². The molecule has 0 aliphatic rings. The van der Waals surface area contributed by atoms with E-state index in [1.54, 1.807) is 0 Å². The van der Waals surface area contributed by atoms with Gasteiger partial charge in [-0.3, -0.25) is 4.79 Å². The maximum atomic E-state index is 10.5. The smallest absolute Gasteiger partial charge is 0.336 e. The predicted octanol–water partition coefficient (Wildman–Crippen LogP) is 0.903. The molecule has 0 aromatic heterocycles. The van der Waals surface area contributed by atoms with Gasteiger partial charge in [-0.15, -0.1) is 0 Å². The predicted molar refractivity (Wildman–Crippen MR) is 40.5 cm³/mol. The molecule has 0 amide bonds. The van der Waals surface area contributed by atoms with E-state index in [0.717, 1.165) is 6.07 Å². The number of aldehydes is 1. The Morgan fingerprint density at radius 1 is 1.42 bits per heavy atom. The number of rotatable bonds is 2. The Hall–Kier alpha value is -1.84. The Morgan fingerprint density at radius 3 is 2.58 bits per heavy atom. The fraction of sp³-hybridized carbons (Fsp3) is 0. The van der Waals surface area contributed by atoms with Crippen LogP contribution in [0.2, 0.25) is 0 Å². The monoisotopic (exact) mass is 166 g/mol. The van der Waals surface area contributed by atoms with E-state index in [-0.39, 0.29) is 16.9 Å². The molecule has 0 heterocycles. The van der Waals surface area contributed by atoms with E-state index in [1.807, 2.05) is 0 Å². The fourth-order valence-corrected chi connectivity index (χ4v) is 0.832. The summed E-state index contributed by atoms with van der Waals surface area (Å²) in [4.78, 5) is 20.8. The van der Waals surface area contributed by atoms with E-state index in [2.05, 4.69) is 0 Å². The first-order chi connectivity index (χ1) is 5.65.